The number of halogens is 2. The summed E-state index contributed by atoms with van der Waals surface area (Å²) in [4.78, 5) is 16.2. The summed E-state index contributed by atoms with van der Waals surface area (Å²) in [6, 6.07) is 12.9. The number of pyridine rings is 1. The van der Waals surface area contributed by atoms with Gasteiger partial charge in [0.25, 0.3) is 0 Å². The summed E-state index contributed by atoms with van der Waals surface area (Å²) in [5, 5.41) is 16.3. The van der Waals surface area contributed by atoms with Crippen molar-refractivity contribution in [1.82, 2.24) is 4.98 Å². The van der Waals surface area contributed by atoms with E-state index in [9.17, 15) is 10.1 Å². The zero-order valence-corrected chi connectivity index (χ0v) is 17.9. The maximum atomic E-state index is 11.1. The lowest BCUT2D eigenvalue weighted by Crippen LogP contribution is -1.99. The van der Waals surface area contributed by atoms with E-state index in [1.54, 1.807) is 12.1 Å². The average molecular weight is 454 g/mol. The molecule has 2 aromatic carbocycles. The van der Waals surface area contributed by atoms with Crippen molar-refractivity contribution < 1.29 is 9.53 Å². The number of anilines is 2. The van der Waals surface area contributed by atoms with E-state index in [2.05, 4.69) is 16.4 Å². The normalized spacial score (nSPS) is 10.6. The number of aldehydes is 1. The smallest absolute Gasteiger partial charge is 0.160 e. The molecule has 0 amide bonds. The maximum Gasteiger partial charge on any atom is 0.160 e. The summed E-state index contributed by atoms with van der Waals surface area (Å²) >= 11 is 13.9. The van der Waals surface area contributed by atoms with E-state index < -0.39 is 0 Å². The molecule has 148 valence electrons. The molecule has 0 aliphatic carbocycles. The monoisotopic (exact) mass is 453 g/mol. The Kier molecular flexibility index (Phi) is 5.60. The van der Waals surface area contributed by atoms with E-state index in [-0.39, 0.29) is 0 Å². The second-order valence-corrected chi connectivity index (χ2v) is 8.06. The topological polar surface area (TPSA) is 75.0 Å². The van der Waals surface area contributed by atoms with Crippen molar-refractivity contribution in [2.75, 3.05) is 12.4 Å². The number of carbonyl (C=O) groups excluding carboxylic acids is 1. The van der Waals surface area contributed by atoms with Gasteiger partial charge < -0.3 is 10.1 Å². The second-order valence-electron chi connectivity index (χ2n) is 6.31. The van der Waals surface area contributed by atoms with Crippen molar-refractivity contribution in [2.24, 2.45) is 0 Å². The fourth-order valence-electron chi connectivity index (χ4n) is 3.15. The van der Waals surface area contributed by atoms with Gasteiger partial charge in [0.1, 0.15) is 11.8 Å². The van der Waals surface area contributed by atoms with Gasteiger partial charge in [-0.05, 0) is 23.1 Å². The Hall–Kier alpha value is -3.11. The first-order valence-corrected chi connectivity index (χ1v) is 10.3. The van der Waals surface area contributed by atoms with E-state index in [0.29, 0.717) is 43.1 Å². The number of para-hydroxylation sites is 1. The summed E-state index contributed by atoms with van der Waals surface area (Å²) in [5.74, 6) is 0.459. The van der Waals surface area contributed by atoms with Gasteiger partial charge in [-0.1, -0.05) is 41.4 Å². The highest BCUT2D eigenvalue weighted by Crippen LogP contribution is 2.39. The molecule has 0 aliphatic heterocycles. The Morgan fingerprint density at radius 3 is 2.77 bits per heavy atom. The molecule has 0 saturated heterocycles. The molecular weight excluding hydrogens is 441 g/mol. The minimum atomic E-state index is 0.364. The van der Waals surface area contributed by atoms with Crippen molar-refractivity contribution in [3.05, 3.63) is 68.5 Å². The van der Waals surface area contributed by atoms with Gasteiger partial charge in [-0.3, -0.25) is 9.78 Å². The van der Waals surface area contributed by atoms with Gasteiger partial charge in [0.05, 0.1) is 44.5 Å². The molecule has 4 aromatic rings. The van der Waals surface area contributed by atoms with Crippen LogP contribution >= 0.6 is 34.5 Å². The van der Waals surface area contributed by atoms with Crippen LogP contribution in [-0.4, -0.2) is 18.4 Å². The van der Waals surface area contributed by atoms with Gasteiger partial charge in [0, 0.05) is 23.2 Å². The number of carbonyl (C=O) groups is 1. The van der Waals surface area contributed by atoms with Gasteiger partial charge in [-0.25, -0.2) is 0 Å². The molecule has 0 unspecified atom stereocenters. The first kappa shape index (κ1) is 20.2. The molecule has 0 bridgehead atoms. The van der Waals surface area contributed by atoms with Crippen LogP contribution in [0.15, 0.2) is 48.0 Å². The number of rotatable bonds is 5. The van der Waals surface area contributed by atoms with Gasteiger partial charge in [-0.2, -0.15) is 5.26 Å². The molecule has 1 N–H and O–H groups in total. The van der Waals surface area contributed by atoms with Crippen molar-refractivity contribution >= 4 is 63.1 Å². The number of nitrogens with one attached hydrogen (secondary N) is 1. The third kappa shape index (κ3) is 3.59. The highest BCUT2D eigenvalue weighted by Gasteiger charge is 2.16. The Morgan fingerprint density at radius 1 is 1.23 bits per heavy atom. The number of benzene rings is 2. The molecule has 0 saturated carbocycles. The highest BCUT2D eigenvalue weighted by molar-refractivity contribution is 7.12. The average Bonchev–Trinajstić information content (AvgIpc) is 3.24. The lowest BCUT2D eigenvalue weighted by molar-refractivity contribution is 0.112. The quantitative estimate of drug-likeness (QED) is 0.340. The fraction of sp³-hybridized carbons (Fsp3) is 0.0455. The van der Waals surface area contributed by atoms with E-state index in [1.807, 2.05) is 29.6 Å². The number of methoxy groups -OCH3 is 1. The Morgan fingerprint density at radius 2 is 2.07 bits per heavy atom. The molecule has 0 radical (unpaired) electrons. The van der Waals surface area contributed by atoms with Crippen LogP contribution in [0, 0.1) is 11.3 Å². The Labute approximate surface area is 186 Å². The number of nitriles is 1. The summed E-state index contributed by atoms with van der Waals surface area (Å²) in [5.41, 5.74) is 3.94. The predicted molar refractivity (Wildman–Crippen MR) is 121 cm³/mol. The lowest BCUT2D eigenvalue weighted by Gasteiger charge is -2.15. The zero-order chi connectivity index (χ0) is 21.3. The largest absolute Gasteiger partial charge is 0.495 e. The van der Waals surface area contributed by atoms with Gasteiger partial charge >= 0.3 is 0 Å². The van der Waals surface area contributed by atoms with Gasteiger partial charge in [-0.15, -0.1) is 11.3 Å². The number of thiophene rings is 1. The predicted octanol–water partition coefficient (Wildman–Crippen LogP) is 6.71. The van der Waals surface area contributed by atoms with Gasteiger partial charge in [0.2, 0.25) is 0 Å². The summed E-state index contributed by atoms with van der Waals surface area (Å²) < 4.78 is 5.28. The molecule has 30 heavy (non-hydrogen) atoms. The van der Waals surface area contributed by atoms with Crippen LogP contribution in [-0.2, 0) is 0 Å². The summed E-state index contributed by atoms with van der Waals surface area (Å²) in [7, 11) is 1.52. The third-order valence-electron chi connectivity index (χ3n) is 4.57. The minimum Gasteiger partial charge on any atom is -0.495 e. The van der Waals surface area contributed by atoms with E-state index in [0.717, 1.165) is 22.8 Å². The van der Waals surface area contributed by atoms with E-state index >= 15 is 0 Å². The number of hydrogen-bond donors (Lipinski definition) is 1. The maximum absolute atomic E-state index is 11.1. The number of ether oxygens (including phenoxy) is 1. The number of nitrogens with zero attached hydrogens (tertiary/aromatic N) is 2. The first-order valence-electron chi connectivity index (χ1n) is 8.71. The molecule has 0 fully saturated rings. The minimum absolute atomic E-state index is 0.364. The third-order valence-corrected chi connectivity index (χ3v) is 6.03. The molecule has 2 aromatic heterocycles. The van der Waals surface area contributed by atoms with E-state index in [4.69, 9.17) is 27.9 Å². The molecule has 4 rings (SSSR count). The fourth-order valence-corrected chi connectivity index (χ4v) is 4.36. The molecule has 5 nitrogen and oxygen atoms in total. The molecule has 0 aliphatic rings. The van der Waals surface area contributed by atoms with Crippen LogP contribution < -0.4 is 10.1 Å². The van der Waals surface area contributed by atoms with E-state index in [1.165, 1.54) is 24.6 Å². The number of hydrogen-bond acceptors (Lipinski definition) is 6. The highest BCUT2D eigenvalue weighted by atomic mass is 35.5. The molecule has 0 atom stereocenters. The standard InChI is InChI=1S/C22H13Cl2N3O2S/c1-29-20-7-19(17(23)6-18(20)24)27-21-13(8-25)9-26-22-15(3-2-4-16(21)22)12-5-14(10-28)30-11-12/h2-7,9-11H,1H3,(H,26,27). The molecular formula is C22H13Cl2N3O2S. The van der Waals surface area contributed by atoms with Crippen molar-refractivity contribution in [3.63, 3.8) is 0 Å². The summed E-state index contributed by atoms with van der Waals surface area (Å²) in [6.07, 6.45) is 2.34. The Bertz CT molecular complexity index is 1330. The van der Waals surface area contributed by atoms with Crippen molar-refractivity contribution in [1.29, 1.82) is 5.26 Å². The Balaban J connectivity index is 1.91. The molecule has 2 heterocycles. The SMILES string of the molecule is COc1cc(Nc2c(C#N)cnc3c(-c4csc(C=O)c4)cccc23)c(Cl)cc1Cl. The van der Waals surface area contributed by atoms with Crippen molar-refractivity contribution in [3.8, 4) is 22.9 Å². The van der Waals surface area contributed by atoms with Crippen LogP contribution in [0.5, 0.6) is 5.75 Å². The number of aromatic nitrogens is 1. The van der Waals surface area contributed by atoms with Crippen LogP contribution in [0.25, 0.3) is 22.0 Å². The summed E-state index contributed by atoms with van der Waals surface area (Å²) in [6.45, 7) is 0. The second kappa shape index (κ2) is 8.33. The number of fused-ring (bicyclic) bond motifs is 1. The van der Waals surface area contributed by atoms with Crippen LogP contribution in [0.2, 0.25) is 10.0 Å². The van der Waals surface area contributed by atoms with Crippen LogP contribution in [0.4, 0.5) is 11.4 Å². The van der Waals surface area contributed by atoms with Crippen molar-refractivity contribution in [2.45, 2.75) is 0 Å². The first-order chi connectivity index (χ1) is 14.5. The lowest BCUT2D eigenvalue weighted by atomic mass is 10.0. The molecule has 8 heteroatoms. The zero-order valence-electron chi connectivity index (χ0n) is 15.6. The van der Waals surface area contributed by atoms with Crippen LogP contribution in [0.3, 0.4) is 0 Å². The van der Waals surface area contributed by atoms with Gasteiger partial charge in [0.15, 0.2) is 6.29 Å². The molecule has 0 spiro atoms. The van der Waals surface area contributed by atoms with Crippen LogP contribution in [0.1, 0.15) is 15.2 Å².